The van der Waals surface area contributed by atoms with Gasteiger partial charge in [0.05, 0.1) is 0 Å². The normalized spacial score (nSPS) is 14.6. The maximum atomic E-state index is 12.5. The lowest BCUT2D eigenvalue weighted by atomic mass is 10.1. The number of hydrogen-bond donors (Lipinski definition) is 2. The second kappa shape index (κ2) is 8.94. The molecule has 1 aliphatic rings. The molecule has 8 heteroatoms. The van der Waals surface area contributed by atoms with Crippen LogP contribution in [0, 0.1) is 13.8 Å². The van der Waals surface area contributed by atoms with Gasteiger partial charge in [-0.2, -0.15) is 0 Å². The average Bonchev–Trinajstić information content (AvgIpc) is 3.36. The predicted molar refractivity (Wildman–Crippen MR) is 110 cm³/mol. The summed E-state index contributed by atoms with van der Waals surface area (Å²) in [7, 11) is 0. The van der Waals surface area contributed by atoms with E-state index in [9.17, 15) is 9.59 Å². The van der Waals surface area contributed by atoms with E-state index >= 15 is 0 Å². The molecule has 0 saturated heterocycles. The Bertz CT molecular complexity index is 864. The van der Waals surface area contributed by atoms with Crippen LogP contribution in [0.25, 0.3) is 0 Å². The zero-order chi connectivity index (χ0) is 20.3. The van der Waals surface area contributed by atoms with E-state index in [0.717, 1.165) is 29.5 Å². The monoisotopic (exact) mass is 403 g/mol. The summed E-state index contributed by atoms with van der Waals surface area (Å²) in [6.45, 7) is 5.70. The van der Waals surface area contributed by atoms with Crippen molar-refractivity contribution in [3.63, 3.8) is 0 Å². The van der Waals surface area contributed by atoms with E-state index in [1.165, 1.54) is 32.6 Å². The van der Waals surface area contributed by atoms with Crippen molar-refractivity contribution in [3.05, 3.63) is 28.3 Å². The van der Waals surface area contributed by atoms with E-state index in [4.69, 9.17) is 0 Å². The molecule has 2 aromatic heterocycles. The minimum atomic E-state index is -0.171. The van der Waals surface area contributed by atoms with E-state index in [1.807, 2.05) is 20.1 Å². The Morgan fingerprint density at radius 1 is 1.25 bits per heavy atom. The summed E-state index contributed by atoms with van der Waals surface area (Å²) in [5.74, 6) is 0.813. The number of Topliss-reactive ketones (excluding diaryl/α,β-unsaturated/α-hetero) is 1. The number of ketones is 1. The fraction of sp³-hybridized carbons (Fsp3) is 0.600. The van der Waals surface area contributed by atoms with Crippen LogP contribution >= 0.6 is 11.8 Å². The maximum Gasteiger partial charge on any atom is 0.268 e. The van der Waals surface area contributed by atoms with Gasteiger partial charge in [-0.05, 0) is 51.9 Å². The van der Waals surface area contributed by atoms with Crippen LogP contribution in [0.3, 0.4) is 0 Å². The lowest BCUT2D eigenvalue weighted by Crippen LogP contribution is -2.26. The quantitative estimate of drug-likeness (QED) is 0.399. The fourth-order valence-electron chi connectivity index (χ4n) is 4.19. The summed E-state index contributed by atoms with van der Waals surface area (Å²) in [6.07, 6.45) is 8.54. The third-order valence-electron chi connectivity index (χ3n) is 5.49. The Morgan fingerprint density at radius 3 is 2.57 bits per heavy atom. The molecule has 1 aliphatic carbocycles. The Balaban J connectivity index is 1.58. The van der Waals surface area contributed by atoms with Crippen LogP contribution in [0.4, 0.5) is 0 Å². The minimum absolute atomic E-state index is 0.0267. The van der Waals surface area contributed by atoms with E-state index < -0.39 is 0 Å². The highest BCUT2D eigenvalue weighted by molar-refractivity contribution is 7.98. The number of aromatic amines is 1. The largest absolute Gasteiger partial charge is 0.354 e. The number of carbonyl (C=O) groups excluding carboxylic acids is 2. The smallest absolute Gasteiger partial charge is 0.268 e. The number of amides is 1. The number of nitrogens with one attached hydrogen (secondary N) is 2. The van der Waals surface area contributed by atoms with Crippen LogP contribution in [-0.4, -0.2) is 44.2 Å². The molecular weight excluding hydrogens is 374 g/mol. The number of nitrogens with zero attached hydrogens (tertiary/aromatic N) is 3. The summed E-state index contributed by atoms with van der Waals surface area (Å²) < 4.78 is 2.30. The highest BCUT2D eigenvalue weighted by Crippen LogP contribution is 2.33. The molecule has 0 atom stereocenters. The first kappa shape index (κ1) is 20.6. The molecule has 1 saturated carbocycles. The van der Waals surface area contributed by atoms with Gasteiger partial charge in [-0.3, -0.25) is 9.59 Å². The van der Waals surface area contributed by atoms with Crippen molar-refractivity contribution in [1.29, 1.82) is 0 Å². The van der Waals surface area contributed by atoms with Gasteiger partial charge in [-0.25, -0.2) is 0 Å². The molecular formula is C20H29N5O2S. The van der Waals surface area contributed by atoms with Crippen molar-refractivity contribution in [2.24, 2.45) is 0 Å². The minimum Gasteiger partial charge on any atom is -0.354 e. The van der Waals surface area contributed by atoms with Gasteiger partial charge in [0.2, 0.25) is 0 Å². The van der Waals surface area contributed by atoms with Crippen LogP contribution < -0.4 is 5.32 Å². The number of thioether (sulfide) groups is 1. The zero-order valence-corrected chi connectivity index (χ0v) is 17.9. The second-order valence-electron chi connectivity index (χ2n) is 7.45. The third-order valence-corrected chi connectivity index (χ3v) is 6.13. The Labute approximate surface area is 170 Å². The number of carbonyl (C=O) groups is 2. The topological polar surface area (TPSA) is 92.7 Å². The molecule has 0 unspecified atom stereocenters. The van der Waals surface area contributed by atoms with Crippen molar-refractivity contribution in [3.8, 4) is 0 Å². The molecule has 0 bridgehead atoms. The number of aromatic nitrogens is 4. The first-order valence-electron chi connectivity index (χ1n) is 9.90. The van der Waals surface area contributed by atoms with Gasteiger partial charge in [0.15, 0.2) is 10.9 Å². The molecule has 0 radical (unpaired) electrons. The summed E-state index contributed by atoms with van der Waals surface area (Å²) in [5, 5.41) is 12.7. The highest BCUT2D eigenvalue weighted by Gasteiger charge is 2.23. The van der Waals surface area contributed by atoms with Gasteiger partial charge in [0.1, 0.15) is 11.5 Å². The molecule has 3 rings (SSSR count). The van der Waals surface area contributed by atoms with Gasteiger partial charge in [-0.1, -0.05) is 24.6 Å². The molecule has 1 amide bonds. The molecule has 0 aromatic carbocycles. The van der Waals surface area contributed by atoms with Gasteiger partial charge < -0.3 is 14.9 Å². The molecule has 0 spiro atoms. The summed E-state index contributed by atoms with van der Waals surface area (Å²) in [4.78, 5) is 27.3. The zero-order valence-electron chi connectivity index (χ0n) is 17.1. The fourth-order valence-corrected chi connectivity index (χ4v) is 4.76. The average molecular weight is 404 g/mol. The van der Waals surface area contributed by atoms with Gasteiger partial charge >= 0.3 is 0 Å². The van der Waals surface area contributed by atoms with E-state index in [2.05, 4.69) is 25.1 Å². The van der Waals surface area contributed by atoms with Crippen molar-refractivity contribution in [2.45, 2.75) is 70.5 Å². The number of aryl methyl sites for hydroxylation is 2. The van der Waals surface area contributed by atoms with E-state index in [-0.39, 0.29) is 11.7 Å². The molecule has 28 heavy (non-hydrogen) atoms. The van der Waals surface area contributed by atoms with Crippen molar-refractivity contribution >= 4 is 23.5 Å². The number of H-pyrrole nitrogens is 1. The lowest BCUT2D eigenvalue weighted by molar-refractivity contribution is 0.0947. The molecule has 2 aromatic rings. The Hall–Kier alpha value is -2.09. The first-order valence-corrected chi connectivity index (χ1v) is 11.1. The van der Waals surface area contributed by atoms with Gasteiger partial charge in [-0.15, -0.1) is 10.2 Å². The number of hydrogen-bond acceptors (Lipinski definition) is 5. The maximum absolute atomic E-state index is 12.5. The van der Waals surface area contributed by atoms with Crippen LogP contribution in [0.5, 0.6) is 0 Å². The summed E-state index contributed by atoms with van der Waals surface area (Å²) in [5.41, 5.74) is 2.54. The van der Waals surface area contributed by atoms with E-state index in [1.54, 1.807) is 11.8 Å². The molecule has 1 fully saturated rings. The predicted octanol–water partition coefficient (Wildman–Crippen LogP) is 3.63. The summed E-state index contributed by atoms with van der Waals surface area (Å²) >= 11 is 1.64. The molecule has 0 aliphatic heterocycles. The van der Waals surface area contributed by atoms with Gasteiger partial charge in [0, 0.05) is 30.3 Å². The first-order chi connectivity index (χ1) is 13.4. The molecule has 2 heterocycles. The van der Waals surface area contributed by atoms with E-state index in [0.29, 0.717) is 29.4 Å². The Morgan fingerprint density at radius 2 is 1.96 bits per heavy atom. The van der Waals surface area contributed by atoms with Crippen molar-refractivity contribution in [2.75, 3.05) is 12.8 Å². The third kappa shape index (κ3) is 4.16. The second-order valence-corrected chi connectivity index (χ2v) is 8.23. The molecule has 2 N–H and O–H groups in total. The lowest BCUT2D eigenvalue weighted by Gasteiger charge is -2.16. The highest BCUT2D eigenvalue weighted by atomic mass is 32.2. The van der Waals surface area contributed by atoms with Crippen LogP contribution in [0.15, 0.2) is 5.16 Å². The van der Waals surface area contributed by atoms with Crippen LogP contribution in [0.1, 0.15) is 83.0 Å². The standard InChI is InChI=1S/C20H29N5O2S/c1-12-17(14(3)26)13(2)22-18(12)19(27)21-11-7-10-16-23-24-20(28-4)25(16)15-8-5-6-9-15/h15,22H,5-11H2,1-4H3,(H,21,27). The summed E-state index contributed by atoms with van der Waals surface area (Å²) in [6, 6.07) is 0.511. The number of rotatable bonds is 8. The van der Waals surface area contributed by atoms with Gasteiger partial charge in [0.25, 0.3) is 5.91 Å². The molecule has 7 nitrogen and oxygen atoms in total. The van der Waals surface area contributed by atoms with Crippen LogP contribution in [-0.2, 0) is 6.42 Å². The molecule has 152 valence electrons. The van der Waals surface area contributed by atoms with Crippen molar-refractivity contribution in [1.82, 2.24) is 25.1 Å². The van der Waals surface area contributed by atoms with Crippen LogP contribution in [0.2, 0.25) is 0 Å². The van der Waals surface area contributed by atoms with Crippen molar-refractivity contribution < 1.29 is 9.59 Å². The SMILES string of the molecule is CSc1nnc(CCCNC(=O)c2[nH]c(C)c(C(C)=O)c2C)n1C1CCCC1. The Kier molecular flexibility index (Phi) is 6.59.